The summed E-state index contributed by atoms with van der Waals surface area (Å²) >= 11 is 1.26. The number of methoxy groups -OCH3 is 1. The van der Waals surface area contributed by atoms with Crippen molar-refractivity contribution in [2.24, 2.45) is 0 Å². The van der Waals surface area contributed by atoms with E-state index < -0.39 is 5.25 Å². The normalized spacial score (nSPS) is 11.4. The Balaban J connectivity index is 1.79. The van der Waals surface area contributed by atoms with Gasteiger partial charge in [-0.25, -0.2) is 0 Å². The summed E-state index contributed by atoms with van der Waals surface area (Å²) in [6.45, 7) is 1.73. The van der Waals surface area contributed by atoms with E-state index in [1.54, 1.807) is 61.5 Å². The summed E-state index contributed by atoms with van der Waals surface area (Å²) in [7, 11) is 1.34. The molecule has 1 atom stereocenters. The van der Waals surface area contributed by atoms with Crippen molar-refractivity contribution in [3.8, 4) is 0 Å². The van der Waals surface area contributed by atoms with E-state index in [9.17, 15) is 14.4 Å². The SMILES string of the molecule is COC(=O)C(C)Sc1ccccc1C(=O)Nc1cccc(C(=O)c2ccccc2)c1. The summed E-state index contributed by atoms with van der Waals surface area (Å²) in [5.74, 6) is -0.795. The highest BCUT2D eigenvalue weighted by Crippen LogP contribution is 2.28. The summed E-state index contributed by atoms with van der Waals surface area (Å²) in [5.41, 5.74) is 2.03. The number of anilines is 1. The molecular formula is C24H21NO4S. The molecule has 3 aromatic carbocycles. The fourth-order valence-corrected chi connectivity index (χ4v) is 3.87. The second-order valence-corrected chi connectivity index (χ2v) is 7.89. The van der Waals surface area contributed by atoms with E-state index in [1.807, 2.05) is 24.3 Å². The van der Waals surface area contributed by atoms with E-state index in [2.05, 4.69) is 5.32 Å². The Labute approximate surface area is 179 Å². The van der Waals surface area contributed by atoms with Gasteiger partial charge in [0, 0.05) is 21.7 Å². The van der Waals surface area contributed by atoms with Crippen molar-refractivity contribution < 1.29 is 19.1 Å². The number of thioether (sulfide) groups is 1. The van der Waals surface area contributed by atoms with E-state index in [0.717, 1.165) is 0 Å². The number of esters is 1. The molecule has 1 N–H and O–H groups in total. The smallest absolute Gasteiger partial charge is 0.318 e. The van der Waals surface area contributed by atoms with Crippen molar-refractivity contribution >= 4 is 35.1 Å². The third-order valence-electron chi connectivity index (χ3n) is 4.39. The molecule has 0 aliphatic heterocycles. The summed E-state index contributed by atoms with van der Waals surface area (Å²) in [6.07, 6.45) is 0. The van der Waals surface area contributed by atoms with Gasteiger partial charge in [-0.3, -0.25) is 14.4 Å². The van der Waals surface area contributed by atoms with Gasteiger partial charge < -0.3 is 10.1 Å². The van der Waals surface area contributed by atoms with Gasteiger partial charge in [-0.1, -0.05) is 54.6 Å². The number of carbonyl (C=O) groups excluding carboxylic acids is 3. The molecule has 0 aliphatic rings. The van der Waals surface area contributed by atoms with Crippen LogP contribution in [0.15, 0.2) is 83.8 Å². The molecule has 0 heterocycles. The minimum Gasteiger partial charge on any atom is -0.468 e. The first-order valence-corrected chi connectivity index (χ1v) is 10.2. The first kappa shape index (κ1) is 21.3. The molecule has 152 valence electrons. The van der Waals surface area contributed by atoms with Crippen molar-refractivity contribution in [3.63, 3.8) is 0 Å². The molecule has 0 fully saturated rings. The minimum absolute atomic E-state index is 0.116. The highest BCUT2D eigenvalue weighted by molar-refractivity contribution is 8.00. The monoisotopic (exact) mass is 419 g/mol. The van der Waals surface area contributed by atoms with Gasteiger partial charge in [0.05, 0.1) is 12.7 Å². The van der Waals surface area contributed by atoms with Crippen molar-refractivity contribution in [1.82, 2.24) is 0 Å². The van der Waals surface area contributed by atoms with Crippen molar-refractivity contribution in [2.75, 3.05) is 12.4 Å². The Morgan fingerprint density at radius 1 is 0.867 bits per heavy atom. The van der Waals surface area contributed by atoms with Gasteiger partial charge in [0.15, 0.2) is 5.78 Å². The standard InChI is InChI=1S/C24H21NO4S/c1-16(24(28)29-2)30-21-14-7-6-13-20(21)23(27)25-19-12-8-11-18(15-19)22(26)17-9-4-3-5-10-17/h3-16H,1-2H3,(H,25,27). The summed E-state index contributed by atoms with van der Waals surface area (Å²) in [4.78, 5) is 37.9. The quantitative estimate of drug-likeness (QED) is 0.338. The van der Waals surface area contributed by atoms with Crippen LogP contribution < -0.4 is 5.32 Å². The van der Waals surface area contributed by atoms with E-state index >= 15 is 0 Å². The van der Waals surface area contributed by atoms with Gasteiger partial charge in [-0.2, -0.15) is 0 Å². The fourth-order valence-electron chi connectivity index (χ4n) is 2.85. The van der Waals surface area contributed by atoms with E-state index in [0.29, 0.717) is 27.3 Å². The number of nitrogens with one attached hydrogen (secondary N) is 1. The Bertz CT molecular complexity index is 1070. The zero-order valence-electron chi connectivity index (χ0n) is 16.6. The topological polar surface area (TPSA) is 72.5 Å². The van der Waals surface area contributed by atoms with Crippen molar-refractivity contribution in [2.45, 2.75) is 17.1 Å². The van der Waals surface area contributed by atoms with Crippen LogP contribution in [0.1, 0.15) is 33.2 Å². The van der Waals surface area contributed by atoms with Crippen LogP contribution in [-0.2, 0) is 9.53 Å². The zero-order valence-corrected chi connectivity index (χ0v) is 17.4. The van der Waals surface area contributed by atoms with Gasteiger partial charge in [-0.15, -0.1) is 11.8 Å². The fraction of sp³-hybridized carbons (Fsp3) is 0.125. The number of rotatable bonds is 7. The second-order valence-electron chi connectivity index (χ2n) is 6.51. The Morgan fingerprint density at radius 3 is 2.27 bits per heavy atom. The highest BCUT2D eigenvalue weighted by atomic mass is 32.2. The average Bonchev–Trinajstić information content (AvgIpc) is 2.79. The predicted molar refractivity (Wildman–Crippen MR) is 118 cm³/mol. The Kier molecular flexibility index (Phi) is 7.03. The number of carbonyl (C=O) groups is 3. The molecule has 1 unspecified atom stereocenters. The number of hydrogen-bond acceptors (Lipinski definition) is 5. The summed E-state index contributed by atoms with van der Waals surface area (Å²) < 4.78 is 4.76. The van der Waals surface area contributed by atoms with Gasteiger partial charge in [-0.05, 0) is 31.2 Å². The molecule has 0 aliphatic carbocycles. The first-order valence-electron chi connectivity index (χ1n) is 9.34. The maximum atomic E-state index is 12.9. The van der Waals surface area contributed by atoms with Crippen molar-refractivity contribution in [3.05, 3.63) is 95.6 Å². The number of ketones is 1. The predicted octanol–water partition coefficient (Wildman–Crippen LogP) is 4.82. The lowest BCUT2D eigenvalue weighted by Crippen LogP contribution is -2.17. The second kappa shape index (κ2) is 9.89. The van der Waals surface area contributed by atoms with E-state index in [-0.39, 0.29) is 17.7 Å². The largest absolute Gasteiger partial charge is 0.468 e. The van der Waals surface area contributed by atoms with Crippen LogP contribution in [0.4, 0.5) is 5.69 Å². The van der Waals surface area contributed by atoms with Gasteiger partial charge >= 0.3 is 5.97 Å². The minimum atomic E-state index is -0.448. The van der Waals surface area contributed by atoms with Gasteiger partial charge in [0.2, 0.25) is 0 Å². The molecule has 0 saturated carbocycles. The third-order valence-corrected chi connectivity index (χ3v) is 5.54. The molecule has 0 radical (unpaired) electrons. The lowest BCUT2D eigenvalue weighted by Gasteiger charge is -2.13. The summed E-state index contributed by atoms with van der Waals surface area (Å²) in [6, 6.07) is 22.8. The van der Waals surface area contributed by atoms with Crippen LogP contribution in [-0.4, -0.2) is 30.0 Å². The molecule has 0 spiro atoms. The maximum absolute atomic E-state index is 12.9. The van der Waals surface area contributed by atoms with Gasteiger partial charge in [0.25, 0.3) is 5.91 Å². The maximum Gasteiger partial charge on any atom is 0.318 e. The van der Waals surface area contributed by atoms with Gasteiger partial charge in [0.1, 0.15) is 5.25 Å². The molecule has 5 nitrogen and oxygen atoms in total. The molecular weight excluding hydrogens is 398 g/mol. The number of hydrogen-bond donors (Lipinski definition) is 1. The van der Waals surface area contributed by atoms with Crippen LogP contribution in [0.25, 0.3) is 0 Å². The molecule has 30 heavy (non-hydrogen) atoms. The molecule has 1 amide bonds. The average molecular weight is 420 g/mol. The lowest BCUT2D eigenvalue weighted by molar-refractivity contribution is -0.139. The van der Waals surface area contributed by atoms with Crippen LogP contribution in [0, 0.1) is 0 Å². The number of amides is 1. The molecule has 0 bridgehead atoms. The van der Waals surface area contributed by atoms with Crippen LogP contribution >= 0.6 is 11.8 Å². The van der Waals surface area contributed by atoms with E-state index in [4.69, 9.17) is 4.74 Å². The highest BCUT2D eigenvalue weighted by Gasteiger charge is 2.19. The van der Waals surface area contributed by atoms with Crippen LogP contribution in [0.5, 0.6) is 0 Å². The summed E-state index contributed by atoms with van der Waals surface area (Å²) in [5, 5.41) is 2.39. The number of ether oxygens (including phenoxy) is 1. The van der Waals surface area contributed by atoms with E-state index in [1.165, 1.54) is 18.9 Å². The molecule has 6 heteroatoms. The lowest BCUT2D eigenvalue weighted by atomic mass is 10.0. The van der Waals surface area contributed by atoms with Crippen molar-refractivity contribution in [1.29, 1.82) is 0 Å². The molecule has 3 aromatic rings. The van der Waals surface area contributed by atoms with Crippen LogP contribution in [0.3, 0.4) is 0 Å². The molecule has 3 rings (SSSR count). The Hall–Kier alpha value is -3.38. The Morgan fingerprint density at radius 2 is 1.53 bits per heavy atom. The molecule has 0 aromatic heterocycles. The first-order chi connectivity index (χ1) is 14.5. The van der Waals surface area contributed by atoms with Crippen LogP contribution in [0.2, 0.25) is 0 Å². The zero-order chi connectivity index (χ0) is 21.5. The molecule has 0 saturated heterocycles. The third kappa shape index (κ3) is 5.15. The number of benzene rings is 3.